The summed E-state index contributed by atoms with van der Waals surface area (Å²) < 4.78 is 30.3. The summed E-state index contributed by atoms with van der Waals surface area (Å²) in [4.78, 5) is 25.5. The van der Waals surface area contributed by atoms with Gasteiger partial charge in [0, 0.05) is 18.4 Å². The average Bonchev–Trinajstić information content (AvgIpc) is 3.24. The first-order valence-corrected chi connectivity index (χ1v) is 9.57. The van der Waals surface area contributed by atoms with Gasteiger partial charge in [-0.15, -0.1) is 0 Å². The van der Waals surface area contributed by atoms with Gasteiger partial charge in [0.05, 0.1) is 29.3 Å². The highest BCUT2D eigenvalue weighted by Gasteiger charge is 2.89. The van der Waals surface area contributed by atoms with Gasteiger partial charge in [0.2, 0.25) is 11.6 Å². The van der Waals surface area contributed by atoms with Crippen LogP contribution in [0.25, 0.3) is 0 Å². The summed E-state index contributed by atoms with van der Waals surface area (Å²) in [6.07, 6.45) is 4.61. The zero-order valence-electron chi connectivity index (χ0n) is 15.6. The number of rotatable bonds is 1. The van der Waals surface area contributed by atoms with Crippen LogP contribution >= 0.6 is 0 Å². The van der Waals surface area contributed by atoms with Crippen molar-refractivity contribution in [3.8, 4) is 0 Å². The van der Waals surface area contributed by atoms with Crippen molar-refractivity contribution >= 4 is 11.9 Å². The van der Waals surface area contributed by atoms with E-state index in [1.165, 1.54) is 0 Å². The molecule has 7 heteroatoms. The summed E-state index contributed by atoms with van der Waals surface area (Å²) >= 11 is 0. The highest BCUT2D eigenvalue weighted by molar-refractivity contribution is 5.82. The number of furan rings is 1. The van der Waals surface area contributed by atoms with Crippen molar-refractivity contribution in [2.45, 2.75) is 57.2 Å². The Morgan fingerprint density at radius 2 is 1.96 bits per heavy atom. The predicted molar refractivity (Wildman–Crippen MR) is 87.8 cm³/mol. The van der Waals surface area contributed by atoms with Gasteiger partial charge in [0.1, 0.15) is 12.2 Å². The molecular formula is C20H22O7. The highest BCUT2D eigenvalue weighted by Crippen LogP contribution is 2.78. The summed E-state index contributed by atoms with van der Waals surface area (Å²) in [5.74, 6) is -3.14. The van der Waals surface area contributed by atoms with Gasteiger partial charge >= 0.3 is 11.9 Å². The summed E-state index contributed by atoms with van der Waals surface area (Å²) in [5, 5.41) is 0. The third kappa shape index (κ3) is 1.36. The fourth-order valence-corrected chi connectivity index (χ4v) is 6.78. The minimum Gasteiger partial charge on any atom is -0.472 e. The normalized spacial score (nSPS) is 55.1. The minimum absolute atomic E-state index is 0.0646. The molecule has 2 unspecified atom stereocenters. The van der Waals surface area contributed by atoms with Gasteiger partial charge < -0.3 is 23.4 Å². The van der Waals surface area contributed by atoms with E-state index in [0.717, 1.165) is 5.56 Å². The van der Waals surface area contributed by atoms with Crippen LogP contribution in [0.2, 0.25) is 0 Å². The minimum atomic E-state index is -1.14. The molecule has 7 nitrogen and oxygen atoms in total. The van der Waals surface area contributed by atoms with Gasteiger partial charge in [0.15, 0.2) is 0 Å². The molecular weight excluding hydrogens is 352 g/mol. The molecule has 1 aromatic rings. The molecule has 1 spiro atoms. The Hall–Kier alpha value is -1.86. The first kappa shape index (κ1) is 16.1. The predicted octanol–water partition coefficient (Wildman–Crippen LogP) is 2.49. The van der Waals surface area contributed by atoms with E-state index in [4.69, 9.17) is 23.4 Å². The van der Waals surface area contributed by atoms with Gasteiger partial charge in [-0.2, -0.15) is 0 Å². The summed E-state index contributed by atoms with van der Waals surface area (Å²) in [7, 11) is 0. The van der Waals surface area contributed by atoms with Crippen LogP contribution in [0.4, 0.5) is 0 Å². The van der Waals surface area contributed by atoms with Crippen LogP contribution in [0.1, 0.15) is 45.6 Å². The number of carbonyl (C=O) groups excluding carboxylic acids is 2. The van der Waals surface area contributed by atoms with Gasteiger partial charge in [-0.25, -0.2) is 0 Å². The largest absolute Gasteiger partial charge is 0.472 e. The van der Waals surface area contributed by atoms with Gasteiger partial charge in [-0.3, -0.25) is 9.59 Å². The standard InChI is InChI=1S/C20H22O7/c1-11-13-8-18(12-4-7-23-9-12)26-19-10-24-15(22)16(19,2)5-6-20(27-18,17(13,19)3)25-14(11)21/h4,7,9,11,13H,5-6,8,10H2,1-3H3/t11-,13+,16-,17-,18-,19?,20?/m1/s1. The zero-order valence-corrected chi connectivity index (χ0v) is 15.6. The third-order valence-electron chi connectivity index (χ3n) is 8.43. The Bertz CT molecular complexity index is 879. The molecule has 5 aliphatic heterocycles. The fourth-order valence-electron chi connectivity index (χ4n) is 6.78. The van der Waals surface area contributed by atoms with E-state index in [1.54, 1.807) is 12.5 Å². The molecule has 1 saturated carbocycles. The van der Waals surface area contributed by atoms with E-state index in [1.807, 2.05) is 19.9 Å². The second kappa shape index (κ2) is 4.25. The van der Waals surface area contributed by atoms with Crippen molar-refractivity contribution < 1.29 is 33.0 Å². The van der Waals surface area contributed by atoms with Crippen molar-refractivity contribution in [3.05, 3.63) is 24.2 Å². The van der Waals surface area contributed by atoms with Gasteiger partial charge in [0.25, 0.3) is 0 Å². The maximum atomic E-state index is 12.8. The molecule has 7 atom stereocenters. The van der Waals surface area contributed by atoms with Gasteiger partial charge in [-0.1, -0.05) is 13.8 Å². The first-order chi connectivity index (χ1) is 12.7. The molecule has 1 aromatic heterocycles. The smallest absolute Gasteiger partial charge is 0.315 e. The highest BCUT2D eigenvalue weighted by atomic mass is 16.8. The van der Waals surface area contributed by atoms with Crippen molar-refractivity contribution in [1.82, 2.24) is 0 Å². The maximum absolute atomic E-state index is 12.8. The van der Waals surface area contributed by atoms with Crippen molar-refractivity contribution in [2.75, 3.05) is 6.61 Å². The Morgan fingerprint density at radius 3 is 2.70 bits per heavy atom. The lowest BCUT2D eigenvalue weighted by Crippen LogP contribution is -2.86. The number of esters is 2. The number of hydrogen-bond donors (Lipinski definition) is 0. The van der Waals surface area contributed by atoms with Crippen molar-refractivity contribution in [1.29, 1.82) is 0 Å². The molecule has 7 rings (SSSR count). The number of carbonyl (C=O) groups is 2. The van der Waals surface area contributed by atoms with Crippen LogP contribution < -0.4 is 0 Å². The van der Waals surface area contributed by atoms with E-state index >= 15 is 0 Å². The molecule has 1 aliphatic carbocycles. The lowest BCUT2D eigenvalue weighted by atomic mass is 9.41. The quantitative estimate of drug-likeness (QED) is 0.698. The summed E-state index contributed by atoms with van der Waals surface area (Å²) in [6, 6.07) is 1.81. The topological polar surface area (TPSA) is 84.2 Å². The molecule has 6 aliphatic rings. The summed E-state index contributed by atoms with van der Waals surface area (Å²) in [5.41, 5.74) is -1.68. The number of hydrogen-bond acceptors (Lipinski definition) is 7. The van der Waals surface area contributed by atoms with Crippen LogP contribution in [0.5, 0.6) is 0 Å². The molecule has 6 heterocycles. The van der Waals surface area contributed by atoms with Crippen LogP contribution in [0.3, 0.4) is 0 Å². The average molecular weight is 374 g/mol. The molecule has 0 N–H and O–H groups in total. The van der Waals surface area contributed by atoms with Crippen LogP contribution in [0, 0.1) is 22.7 Å². The Labute approximate surface area is 156 Å². The molecule has 0 radical (unpaired) electrons. The second-order valence-corrected chi connectivity index (χ2v) is 9.18. The molecule has 0 amide bonds. The SMILES string of the molecule is C[C@H]1C(=O)OC23CC[C@]4(C)C(=O)OCC45O[C@](c4ccoc4)(C[C@@H]1[C@@]25C)O3. The van der Waals surface area contributed by atoms with Crippen molar-refractivity contribution in [3.63, 3.8) is 0 Å². The molecule has 5 bridgehead atoms. The van der Waals surface area contributed by atoms with E-state index in [9.17, 15) is 9.59 Å². The maximum Gasteiger partial charge on any atom is 0.315 e. The summed E-state index contributed by atoms with van der Waals surface area (Å²) in [6.45, 7) is 6.02. The lowest BCUT2D eigenvalue weighted by Gasteiger charge is -2.76. The van der Waals surface area contributed by atoms with E-state index in [-0.39, 0.29) is 30.4 Å². The number of ether oxygens (including phenoxy) is 4. The third-order valence-corrected chi connectivity index (χ3v) is 8.43. The zero-order chi connectivity index (χ0) is 18.9. The molecule has 0 aromatic carbocycles. The van der Waals surface area contributed by atoms with Crippen LogP contribution in [0.15, 0.2) is 23.0 Å². The van der Waals surface area contributed by atoms with Crippen molar-refractivity contribution in [2.24, 2.45) is 22.7 Å². The molecule has 144 valence electrons. The van der Waals surface area contributed by atoms with E-state index in [0.29, 0.717) is 19.3 Å². The Balaban J connectivity index is 1.67. The number of cyclic esters (lactones) is 1. The van der Waals surface area contributed by atoms with E-state index < -0.39 is 28.0 Å². The van der Waals surface area contributed by atoms with Crippen LogP contribution in [-0.2, 0) is 34.3 Å². The molecule has 5 saturated heterocycles. The molecule has 6 fully saturated rings. The Morgan fingerprint density at radius 1 is 1.15 bits per heavy atom. The Kier molecular flexibility index (Phi) is 2.54. The van der Waals surface area contributed by atoms with E-state index in [2.05, 4.69) is 6.92 Å². The fraction of sp³-hybridized carbons (Fsp3) is 0.700. The van der Waals surface area contributed by atoms with Gasteiger partial charge in [-0.05, 0) is 25.3 Å². The lowest BCUT2D eigenvalue weighted by molar-refractivity contribution is -0.555. The van der Waals surface area contributed by atoms with Crippen LogP contribution in [-0.4, -0.2) is 29.9 Å². The monoisotopic (exact) mass is 374 g/mol. The second-order valence-electron chi connectivity index (χ2n) is 9.18. The first-order valence-electron chi connectivity index (χ1n) is 9.57. The molecule has 27 heavy (non-hydrogen) atoms.